The van der Waals surface area contributed by atoms with Gasteiger partial charge in [-0.05, 0) is 43.4 Å². The van der Waals surface area contributed by atoms with Gasteiger partial charge in [0.15, 0.2) is 5.65 Å². The molecule has 1 saturated heterocycles. The van der Waals surface area contributed by atoms with Crippen LogP contribution in [0.3, 0.4) is 0 Å². The summed E-state index contributed by atoms with van der Waals surface area (Å²) >= 11 is 0. The van der Waals surface area contributed by atoms with E-state index in [9.17, 15) is 4.39 Å². The molecule has 1 aromatic carbocycles. The predicted octanol–water partition coefficient (Wildman–Crippen LogP) is 3.97. The lowest BCUT2D eigenvalue weighted by Crippen LogP contribution is -2.45. The van der Waals surface area contributed by atoms with E-state index in [4.69, 9.17) is 14.5 Å². The van der Waals surface area contributed by atoms with Gasteiger partial charge in [-0.15, -0.1) is 17.5 Å². The molecule has 0 aliphatic carbocycles. The van der Waals surface area contributed by atoms with E-state index in [0.717, 1.165) is 60.0 Å². The van der Waals surface area contributed by atoms with Crippen LogP contribution in [0.1, 0.15) is 0 Å². The smallest absolute Gasteiger partial charge is 0.162 e. The molecule has 4 aromatic rings. The normalized spacial score (nSPS) is 14.9. The average Bonchev–Trinajstić information content (AvgIpc) is 3.38. The Kier molecular flexibility index (Phi) is 5.25. The highest BCUT2D eigenvalue weighted by atomic mass is 35.5. The number of halogens is 2. The minimum Gasteiger partial charge on any atom is -0.472 e. The van der Waals surface area contributed by atoms with Gasteiger partial charge in [-0.1, -0.05) is 0 Å². The Hall–Kier alpha value is -2.90. The molecule has 0 atom stereocenters. The quantitative estimate of drug-likeness (QED) is 0.508. The van der Waals surface area contributed by atoms with Gasteiger partial charge in [0.25, 0.3) is 0 Å². The maximum Gasteiger partial charge on any atom is 0.162 e. The van der Waals surface area contributed by atoms with E-state index in [2.05, 4.69) is 22.9 Å². The van der Waals surface area contributed by atoms with Crippen LogP contribution in [0.25, 0.3) is 28.0 Å². The van der Waals surface area contributed by atoms with Crippen LogP contribution in [0, 0.1) is 5.82 Å². The highest BCUT2D eigenvalue weighted by molar-refractivity contribution is 5.85. The molecule has 8 heteroatoms. The van der Waals surface area contributed by atoms with Crippen LogP contribution in [0.2, 0.25) is 0 Å². The molecule has 0 unspecified atom stereocenters. The maximum absolute atomic E-state index is 13.3. The van der Waals surface area contributed by atoms with Crippen molar-refractivity contribution in [3.63, 3.8) is 0 Å². The van der Waals surface area contributed by atoms with Crippen LogP contribution < -0.4 is 4.90 Å². The summed E-state index contributed by atoms with van der Waals surface area (Å²) in [5, 5.41) is 4.82. The second kappa shape index (κ2) is 7.85. The van der Waals surface area contributed by atoms with Gasteiger partial charge in [-0.3, -0.25) is 0 Å². The van der Waals surface area contributed by atoms with Crippen LogP contribution in [0.15, 0.2) is 59.5 Å². The molecule has 1 fully saturated rings. The molecule has 4 heterocycles. The van der Waals surface area contributed by atoms with Gasteiger partial charge in [0.2, 0.25) is 0 Å². The number of rotatable bonds is 3. The van der Waals surface area contributed by atoms with Crippen LogP contribution in [0.5, 0.6) is 0 Å². The number of hydrogen-bond acceptors (Lipinski definition) is 5. The van der Waals surface area contributed by atoms with Crippen molar-refractivity contribution < 1.29 is 8.81 Å². The Labute approximate surface area is 174 Å². The first-order chi connectivity index (χ1) is 13.7. The minimum absolute atomic E-state index is 0. The van der Waals surface area contributed by atoms with Crippen molar-refractivity contribution >= 4 is 23.9 Å². The molecular formula is C21H21ClFN5O. The second-order valence-corrected chi connectivity index (χ2v) is 7.12. The van der Waals surface area contributed by atoms with Gasteiger partial charge in [-0.25, -0.2) is 13.9 Å². The number of piperazine rings is 1. The summed E-state index contributed by atoms with van der Waals surface area (Å²) in [6, 6.07) is 10.4. The number of aromatic nitrogens is 3. The SMILES string of the molecule is CN1CCN(c2cc(-c3ccoc3)c3nc(-c4ccc(F)cc4)cn3n2)CC1.Cl. The summed E-state index contributed by atoms with van der Waals surface area (Å²) < 4.78 is 20.4. The Morgan fingerprint density at radius 3 is 2.45 bits per heavy atom. The number of anilines is 1. The largest absolute Gasteiger partial charge is 0.472 e. The molecule has 6 nitrogen and oxygen atoms in total. The van der Waals surface area contributed by atoms with E-state index in [0.29, 0.717) is 0 Å². The zero-order valence-electron chi connectivity index (χ0n) is 16.0. The summed E-state index contributed by atoms with van der Waals surface area (Å²) in [5.41, 5.74) is 4.28. The number of imidazole rings is 1. The van der Waals surface area contributed by atoms with Crippen LogP contribution in [-0.2, 0) is 0 Å². The lowest BCUT2D eigenvalue weighted by molar-refractivity contribution is 0.311. The lowest BCUT2D eigenvalue weighted by Gasteiger charge is -2.33. The third-order valence-corrected chi connectivity index (χ3v) is 5.21. The molecule has 0 bridgehead atoms. The Bertz CT molecular complexity index is 1100. The minimum atomic E-state index is -0.262. The fourth-order valence-corrected chi connectivity index (χ4v) is 3.54. The fourth-order valence-electron chi connectivity index (χ4n) is 3.54. The van der Waals surface area contributed by atoms with Crippen LogP contribution in [-0.4, -0.2) is 52.7 Å². The van der Waals surface area contributed by atoms with Gasteiger partial charge < -0.3 is 14.2 Å². The zero-order valence-corrected chi connectivity index (χ0v) is 16.8. The summed E-state index contributed by atoms with van der Waals surface area (Å²) in [5.74, 6) is 0.655. The molecule has 0 radical (unpaired) electrons. The van der Waals surface area contributed by atoms with Gasteiger partial charge in [0, 0.05) is 42.9 Å². The zero-order chi connectivity index (χ0) is 19.1. The lowest BCUT2D eigenvalue weighted by atomic mass is 10.1. The van der Waals surface area contributed by atoms with Gasteiger partial charge in [-0.2, -0.15) is 0 Å². The van der Waals surface area contributed by atoms with Crippen molar-refractivity contribution in [1.29, 1.82) is 0 Å². The number of benzene rings is 1. The molecular weight excluding hydrogens is 393 g/mol. The predicted molar refractivity (Wildman–Crippen MR) is 113 cm³/mol. The molecule has 0 saturated carbocycles. The highest BCUT2D eigenvalue weighted by Crippen LogP contribution is 2.30. The molecule has 29 heavy (non-hydrogen) atoms. The number of furan rings is 1. The topological polar surface area (TPSA) is 49.8 Å². The van der Waals surface area contributed by atoms with E-state index in [1.54, 1.807) is 24.7 Å². The van der Waals surface area contributed by atoms with E-state index < -0.39 is 0 Å². The first kappa shape index (κ1) is 19.4. The average molecular weight is 414 g/mol. The van der Waals surface area contributed by atoms with E-state index >= 15 is 0 Å². The van der Waals surface area contributed by atoms with Crippen LogP contribution >= 0.6 is 12.4 Å². The van der Waals surface area contributed by atoms with E-state index in [-0.39, 0.29) is 18.2 Å². The van der Waals surface area contributed by atoms with Crippen molar-refractivity contribution in [1.82, 2.24) is 19.5 Å². The summed E-state index contributed by atoms with van der Waals surface area (Å²) in [7, 11) is 2.13. The molecule has 150 valence electrons. The third kappa shape index (κ3) is 3.71. The summed E-state index contributed by atoms with van der Waals surface area (Å²) in [6.45, 7) is 3.87. The Balaban J connectivity index is 0.00000205. The van der Waals surface area contributed by atoms with Crippen molar-refractivity contribution in [2.45, 2.75) is 0 Å². The molecule has 0 N–H and O–H groups in total. The number of nitrogens with zero attached hydrogens (tertiary/aromatic N) is 5. The molecule has 1 aliphatic rings. The Morgan fingerprint density at radius 1 is 1.00 bits per heavy atom. The van der Waals surface area contributed by atoms with Crippen molar-refractivity contribution in [3.8, 4) is 22.4 Å². The maximum atomic E-state index is 13.3. The standard InChI is InChI=1S/C21H20FN5O.ClH/c1-25-7-9-26(10-8-25)20-12-18(16-6-11-28-14-16)21-23-19(13-27(21)24-20)15-2-4-17(22)5-3-15;/h2-6,11-14H,7-10H2,1H3;1H. The second-order valence-electron chi connectivity index (χ2n) is 7.12. The number of likely N-dealkylation sites (N-methyl/N-ethyl adjacent to an activating group) is 1. The summed E-state index contributed by atoms with van der Waals surface area (Å²) in [4.78, 5) is 9.38. The molecule has 0 amide bonds. The van der Waals surface area contributed by atoms with E-state index in [1.807, 2.05) is 16.8 Å². The van der Waals surface area contributed by atoms with Gasteiger partial charge in [0.05, 0.1) is 24.4 Å². The third-order valence-electron chi connectivity index (χ3n) is 5.21. The molecule has 1 aliphatic heterocycles. The first-order valence-corrected chi connectivity index (χ1v) is 9.30. The Morgan fingerprint density at radius 2 is 1.76 bits per heavy atom. The first-order valence-electron chi connectivity index (χ1n) is 9.30. The van der Waals surface area contributed by atoms with Crippen molar-refractivity contribution in [3.05, 3.63) is 60.9 Å². The number of fused-ring (bicyclic) bond motifs is 1. The molecule has 0 spiro atoms. The summed E-state index contributed by atoms with van der Waals surface area (Å²) in [6.07, 6.45) is 5.27. The molecule has 5 rings (SSSR count). The highest BCUT2D eigenvalue weighted by Gasteiger charge is 2.19. The van der Waals surface area contributed by atoms with Gasteiger partial charge in [0.1, 0.15) is 11.6 Å². The van der Waals surface area contributed by atoms with Gasteiger partial charge >= 0.3 is 0 Å². The van der Waals surface area contributed by atoms with Crippen molar-refractivity contribution in [2.75, 3.05) is 38.1 Å². The molecule has 3 aromatic heterocycles. The fraction of sp³-hybridized carbons (Fsp3) is 0.238. The number of hydrogen-bond donors (Lipinski definition) is 0. The van der Waals surface area contributed by atoms with Crippen molar-refractivity contribution in [2.24, 2.45) is 0 Å². The van der Waals surface area contributed by atoms with E-state index in [1.165, 1.54) is 12.1 Å². The van der Waals surface area contributed by atoms with Crippen LogP contribution in [0.4, 0.5) is 10.2 Å². The monoisotopic (exact) mass is 413 g/mol.